The Hall–Kier alpha value is -0.780. The van der Waals surface area contributed by atoms with Crippen molar-refractivity contribution in [3.8, 4) is 0 Å². The molecule has 0 radical (unpaired) electrons. The number of hydrogen-bond acceptors (Lipinski definition) is 0. The standard InChI is InChI=1S/C16H26/c1-13(2)11-12-15(16(3,4)5)14-9-7-6-8-10-14/h6-10,13,15H,11-12H2,1-5H3. The summed E-state index contributed by atoms with van der Waals surface area (Å²) in [6, 6.07) is 11.0. The van der Waals surface area contributed by atoms with Crippen molar-refractivity contribution in [3.05, 3.63) is 35.9 Å². The monoisotopic (exact) mass is 218 g/mol. The fraction of sp³-hybridized carbons (Fsp3) is 0.625. The average Bonchev–Trinajstić information content (AvgIpc) is 2.17. The Labute approximate surface area is 101 Å². The molecule has 0 aliphatic carbocycles. The zero-order valence-corrected chi connectivity index (χ0v) is 11.5. The smallest absolute Gasteiger partial charge is 0.0113 e. The fourth-order valence-corrected chi connectivity index (χ4v) is 2.29. The van der Waals surface area contributed by atoms with E-state index < -0.39 is 0 Å². The van der Waals surface area contributed by atoms with E-state index in [1.165, 1.54) is 18.4 Å². The first kappa shape index (κ1) is 13.3. The van der Waals surface area contributed by atoms with Gasteiger partial charge in [-0.05, 0) is 29.2 Å². The first-order valence-corrected chi connectivity index (χ1v) is 6.46. The molecule has 0 fully saturated rings. The Bertz CT molecular complexity index is 290. The van der Waals surface area contributed by atoms with Crippen LogP contribution in [0.25, 0.3) is 0 Å². The van der Waals surface area contributed by atoms with Crippen molar-refractivity contribution in [1.82, 2.24) is 0 Å². The topological polar surface area (TPSA) is 0 Å². The van der Waals surface area contributed by atoms with E-state index in [2.05, 4.69) is 65.0 Å². The highest BCUT2D eigenvalue weighted by Gasteiger charge is 2.25. The van der Waals surface area contributed by atoms with Crippen molar-refractivity contribution >= 4 is 0 Å². The molecular formula is C16H26. The fourth-order valence-electron chi connectivity index (χ4n) is 2.29. The van der Waals surface area contributed by atoms with Crippen molar-refractivity contribution in [2.75, 3.05) is 0 Å². The summed E-state index contributed by atoms with van der Waals surface area (Å²) in [5.41, 5.74) is 1.85. The first-order valence-electron chi connectivity index (χ1n) is 6.46. The van der Waals surface area contributed by atoms with Gasteiger partial charge in [0.15, 0.2) is 0 Å². The molecule has 16 heavy (non-hydrogen) atoms. The summed E-state index contributed by atoms with van der Waals surface area (Å²) >= 11 is 0. The second-order valence-electron chi connectivity index (χ2n) is 6.30. The molecule has 0 heteroatoms. The summed E-state index contributed by atoms with van der Waals surface area (Å²) in [4.78, 5) is 0. The molecule has 0 heterocycles. The molecule has 0 bridgehead atoms. The van der Waals surface area contributed by atoms with E-state index in [0.29, 0.717) is 11.3 Å². The van der Waals surface area contributed by atoms with Gasteiger partial charge in [0, 0.05) is 0 Å². The van der Waals surface area contributed by atoms with Gasteiger partial charge in [-0.2, -0.15) is 0 Å². The normalized spacial score (nSPS) is 14.1. The lowest BCUT2D eigenvalue weighted by Gasteiger charge is -2.32. The Balaban J connectivity index is 2.81. The lowest BCUT2D eigenvalue weighted by molar-refractivity contribution is 0.290. The van der Waals surface area contributed by atoms with Gasteiger partial charge < -0.3 is 0 Å². The minimum Gasteiger partial charge on any atom is -0.0628 e. The van der Waals surface area contributed by atoms with E-state index in [1.54, 1.807) is 0 Å². The molecule has 0 amide bonds. The molecule has 0 saturated carbocycles. The second-order valence-corrected chi connectivity index (χ2v) is 6.30. The maximum absolute atomic E-state index is 2.35. The van der Waals surface area contributed by atoms with Crippen LogP contribution in [-0.4, -0.2) is 0 Å². The highest BCUT2D eigenvalue weighted by atomic mass is 14.3. The third kappa shape index (κ3) is 4.00. The molecule has 0 aromatic heterocycles. The highest BCUT2D eigenvalue weighted by Crippen LogP contribution is 2.39. The molecule has 1 atom stereocenters. The first-order chi connectivity index (χ1) is 7.41. The second kappa shape index (κ2) is 5.52. The van der Waals surface area contributed by atoms with Gasteiger partial charge in [0.25, 0.3) is 0 Å². The quantitative estimate of drug-likeness (QED) is 0.647. The van der Waals surface area contributed by atoms with Gasteiger partial charge in [-0.15, -0.1) is 0 Å². The van der Waals surface area contributed by atoms with E-state index in [4.69, 9.17) is 0 Å². The van der Waals surface area contributed by atoms with Crippen LogP contribution in [0.1, 0.15) is 58.9 Å². The SMILES string of the molecule is CC(C)CCC(c1ccccc1)C(C)(C)C. The van der Waals surface area contributed by atoms with E-state index in [1.807, 2.05) is 0 Å². The minimum absolute atomic E-state index is 0.357. The molecule has 0 N–H and O–H groups in total. The van der Waals surface area contributed by atoms with Crippen molar-refractivity contribution in [2.45, 2.75) is 53.4 Å². The Morgan fingerprint density at radius 2 is 1.50 bits per heavy atom. The van der Waals surface area contributed by atoms with Crippen LogP contribution in [0.3, 0.4) is 0 Å². The summed E-state index contributed by atoms with van der Waals surface area (Å²) in [6.45, 7) is 11.7. The zero-order valence-electron chi connectivity index (χ0n) is 11.5. The summed E-state index contributed by atoms with van der Waals surface area (Å²) in [7, 11) is 0. The average molecular weight is 218 g/mol. The summed E-state index contributed by atoms with van der Waals surface area (Å²) in [6.07, 6.45) is 2.61. The summed E-state index contributed by atoms with van der Waals surface area (Å²) in [5.74, 6) is 1.48. The van der Waals surface area contributed by atoms with Crippen LogP contribution in [0.5, 0.6) is 0 Å². The summed E-state index contributed by atoms with van der Waals surface area (Å²) in [5, 5.41) is 0. The minimum atomic E-state index is 0.357. The van der Waals surface area contributed by atoms with E-state index >= 15 is 0 Å². The van der Waals surface area contributed by atoms with Crippen molar-refractivity contribution in [2.24, 2.45) is 11.3 Å². The molecule has 1 rings (SSSR count). The van der Waals surface area contributed by atoms with E-state index in [0.717, 1.165) is 5.92 Å². The van der Waals surface area contributed by atoms with Crippen LogP contribution in [0, 0.1) is 11.3 Å². The molecule has 1 aromatic carbocycles. The largest absolute Gasteiger partial charge is 0.0628 e. The van der Waals surface area contributed by atoms with Gasteiger partial charge >= 0.3 is 0 Å². The van der Waals surface area contributed by atoms with Crippen molar-refractivity contribution in [1.29, 1.82) is 0 Å². The van der Waals surface area contributed by atoms with Gasteiger partial charge in [-0.25, -0.2) is 0 Å². The number of benzene rings is 1. The highest BCUT2D eigenvalue weighted by molar-refractivity contribution is 5.21. The van der Waals surface area contributed by atoms with Gasteiger partial charge in [0.05, 0.1) is 0 Å². The molecular weight excluding hydrogens is 192 g/mol. The molecule has 1 unspecified atom stereocenters. The maximum atomic E-state index is 2.35. The van der Waals surface area contributed by atoms with Crippen molar-refractivity contribution < 1.29 is 0 Å². The maximum Gasteiger partial charge on any atom is -0.0113 e. The Kier molecular flexibility index (Phi) is 4.58. The van der Waals surface area contributed by atoms with Crippen LogP contribution in [0.15, 0.2) is 30.3 Å². The van der Waals surface area contributed by atoms with Crippen LogP contribution < -0.4 is 0 Å². The lowest BCUT2D eigenvalue weighted by Crippen LogP contribution is -2.19. The Morgan fingerprint density at radius 3 is 1.94 bits per heavy atom. The third-order valence-corrected chi connectivity index (χ3v) is 3.28. The molecule has 0 aliphatic rings. The number of hydrogen-bond donors (Lipinski definition) is 0. The third-order valence-electron chi connectivity index (χ3n) is 3.28. The predicted octanol–water partition coefficient (Wildman–Crippen LogP) is 5.25. The molecule has 1 aromatic rings. The summed E-state index contributed by atoms with van der Waals surface area (Å²) < 4.78 is 0. The zero-order chi connectivity index (χ0) is 12.2. The van der Waals surface area contributed by atoms with Crippen LogP contribution in [0.4, 0.5) is 0 Å². The van der Waals surface area contributed by atoms with Gasteiger partial charge in [-0.1, -0.05) is 71.4 Å². The van der Waals surface area contributed by atoms with Gasteiger partial charge in [-0.3, -0.25) is 0 Å². The van der Waals surface area contributed by atoms with Crippen LogP contribution in [0.2, 0.25) is 0 Å². The molecule has 0 spiro atoms. The van der Waals surface area contributed by atoms with Crippen molar-refractivity contribution in [3.63, 3.8) is 0 Å². The number of rotatable bonds is 4. The molecule has 90 valence electrons. The Morgan fingerprint density at radius 1 is 0.938 bits per heavy atom. The predicted molar refractivity (Wildman–Crippen MR) is 72.7 cm³/mol. The molecule has 0 aliphatic heterocycles. The lowest BCUT2D eigenvalue weighted by atomic mass is 9.73. The van der Waals surface area contributed by atoms with Gasteiger partial charge in [0.2, 0.25) is 0 Å². The van der Waals surface area contributed by atoms with Crippen LogP contribution in [-0.2, 0) is 0 Å². The molecule has 0 saturated heterocycles. The van der Waals surface area contributed by atoms with Gasteiger partial charge in [0.1, 0.15) is 0 Å². The van der Waals surface area contributed by atoms with E-state index in [9.17, 15) is 0 Å². The van der Waals surface area contributed by atoms with Crippen LogP contribution >= 0.6 is 0 Å². The molecule has 0 nitrogen and oxygen atoms in total. The van der Waals surface area contributed by atoms with E-state index in [-0.39, 0.29) is 0 Å².